The topological polar surface area (TPSA) is 55.9 Å². The largest absolute Gasteiger partial charge is 0.375 e. The first-order valence-electron chi connectivity index (χ1n) is 9.85. The van der Waals surface area contributed by atoms with Crippen LogP contribution in [-0.2, 0) is 4.79 Å². The van der Waals surface area contributed by atoms with Crippen LogP contribution < -0.4 is 15.1 Å². The van der Waals surface area contributed by atoms with Crippen LogP contribution in [0.2, 0.25) is 5.02 Å². The number of benzene rings is 2. The van der Waals surface area contributed by atoms with Crippen LogP contribution in [0.1, 0.15) is 17.3 Å². The van der Waals surface area contributed by atoms with Crippen LogP contribution >= 0.6 is 11.6 Å². The van der Waals surface area contributed by atoms with Crippen molar-refractivity contribution in [2.75, 3.05) is 56.1 Å². The fraction of sp³-hybridized carbons (Fsp3) is 0.364. The molecule has 29 heavy (non-hydrogen) atoms. The van der Waals surface area contributed by atoms with Crippen molar-refractivity contribution in [3.05, 3.63) is 59.1 Å². The highest BCUT2D eigenvalue weighted by atomic mass is 35.5. The summed E-state index contributed by atoms with van der Waals surface area (Å²) in [4.78, 5) is 30.9. The van der Waals surface area contributed by atoms with Gasteiger partial charge in [-0.2, -0.15) is 0 Å². The monoisotopic (exact) mass is 414 g/mol. The van der Waals surface area contributed by atoms with E-state index in [9.17, 15) is 9.59 Å². The number of halogens is 1. The molecule has 0 unspecified atom stereocenters. The predicted octanol–water partition coefficient (Wildman–Crippen LogP) is 2.87. The average Bonchev–Trinajstić information content (AvgIpc) is 2.77. The Kier molecular flexibility index (Phi) is 6.99. The van der Waals surface area contributed by atoms with Gasteiger partial charge in [0.15, 0.2) is 0 Å². The zero-order chi connectivity index (χ0) is 20.8. The summed E-state index contributed by atoms with van der Waals surface area (Å²) in [6, 6.07) is 15.1. The van der Waals surface area contributed by atoms with Crippen molar-refractivity contribution in [1.29, 1.82) is 0 Å². The second-order valence-electron chi connectivity index (χ2n) is 7.09. The van der Waals surface area contributed by atoms with E-state index < -0.39 is 0 Å². The normalized spacial score (nSPS) is 13.9. The van der Waals surface area contributed by atoms with E-state index in [1.807, 2.05) is 43.4 Å². The molecule has 1 heterocycles. The van der Waals surface area contributed by atoms with Crippen LogP contribution in [0.3, 0.4) is 0 Å². The summed E-state index contributed by atoms with van der Waals surface area (Å²) in [6.45, 7) is 5.76. The molecule has 1 fully saturated rings. The second kappa shape index (κ2) is 9.65. The molecule has 3 rings (SSSR count). The van der Waals surface area contributed by atoms with Gasteiger partial charge in [-0.25, -0.2) is 0 Å². The van der Waals surface area contributed by atoms with E-state index in [0.717, 1.165) is 31.0 Å². The van der Waals surface area contributed by atoms with Gasteiger partial charge in [-0.1, -0.05) is 11.6 Å². The maximum absolute atomic E-state index is 12.5. The van der Waals surface area contributed by atoms with E-state index in [1.165, 1.54) is 0 Å². The summed E-state index contributed by atoms with van der Waals surface area (Å²) in [7, 11) is 2.00. The summed E-state index contributed by atoms with van der Waals surface area (Å²) in [5.74, 6) is -0.291. The van der Waals surface area contributed by atoms with Gasteiger partial charge in [-0.15, -0.1) is 0 Å². The van der Waals surface area contributed by atoms with E-state index >= 15 is 0 Å². The Bertz CT molecular complexity index is 831. The fourth-order valence-corrected chi connectivity index (χ4v) is 3.41. The lowest BCUT2D eigenvalue weighted by molar-refractivity contribution is -0.130. The third-order valence-corrected chi connectivity index (χ3v) is 5.52. The Morgan fingerprint density at radius 1 is 1.00 bits per heavy atom. The first-order chi connectivity index (χ1) is 14.0. The number of carbonyl (C=O) groups excluding carboxylic acids is 2. The van der Waals surface area contributed by atoms with Crippen molar-refractivity contribution in [2.24, 2.45) is 0 Å². The molecule has 2 aromatic rings. The molecule has 1 saturated heterocycles. The molecule has 0 bridgehead atoms. The number of anilines is 2. The molecule has 7 heteroatoms. The number of nitrogens with one attached hydrogen (secondary N) is 1. The van der Waals surface area contributed by atoms with Gasteiger partial charge >= 0.3 is 0 Å². The lowest BCUT2D eigenvalue weighted by atomic mass is 10.2. The summed E-state index contributed by atoms with van der Waals surface area (Å²) in [5, 5.41) is 3.45. The SMILES string of the molecule is CCN(C)c1ccc(C(=O)NCC(=O)N2CCN(c3ccc(Cl)cc3)CC2)cc1. The van der Waals surface area contributed by atoms with Crippen molar-refractivity contribution in [3.63, 3.8) is 0 Å². The minimum Gasteiger partial charge on any atom is -0.375 e. The molecule has 154 valence electrons. The summed E-state index contributed by atoms with van der Waals surface area (Å²) >= 11 is 5.94. The molecular formula is C22H27ClN4O2. The average molecular weight is 415 g/mol. The standard InChI is InChI=1S/C22H27ClN4O2/c1-3-25(2)19-8-4-17(5-9-19)22(29)24-16-21(28)27-14-12-26(13-15-27)20-10-6-18(23)7-11-20/h4-11H,3,12-16H2,1-2H3,(H,24,29). The van der Waals surface area contributed by atoms with E-state index in [2.05, 4.69) is 22.0 Å². The number of amides is 2. The van der Waals surface area contributed by atoms with Crippen molar-refractivity contribution >= 4 is 34.8 Å². The van der Waals surface area contributed by atoms with Crippen LogP contribution in [0, 0.1) is 0 Å². The molecule has 0 aromatic heterocycles. The summed E-state index contributed by atoms with van der Waals surface area (Å²) < 4.78 is 0. The van der Waals surface area contributed by atoms with Crippen molar-refractivity contribution < 1.29 is 9.59 Å². The third-order valence-electron chi connectivity index (χ3n) is 5.27. The number of hydrogen-bond donors (Lipinski definition) is 1. The maximum Gasteiger partial charge on any atom is 0.251 e. The maximum atomic E-state index is 12.5. The molecule has 6 nitrogen and oxygen atoms in total. The van der Waals surface area contributed by atoms with Crippen molar-refractivity contribution in [1.82, 2.24) is 10.2 Å². The van der Waals surface area contributed by atoms with Gasteiger partial charge in [0.05, 0.1) is 6.54 Å². The van der Waals surface area contributed by atoms with E-state index in [4.69, 9.17) is 11.6 Å². The van der Waals surface area contributed by atoms with Crippen LogP contribution in [0.4, 0.5) is 11.4 Å². The van der Waals surface area contributed by atoms with Gasteiger partial charge < -0.3 is 20.0 Å². The highest BCUT2D eigenvalue weighted by molar-refractivity contribution is 6.30. The number of nitrogens with zero attached hydrogens (tertiary/aromatic N) is 3. The molecular weight excluding hydrogens is 388 g/mol. The summed E-state index contributed by atoms with van der Waals surface area (Å²) in [6.07, 6.45) is 0. The Morgan fingerprint density at radius 3 is 2.21 bits per heavy atom. The minimum absolute atomic E-state index is 0.0103. The van der Waals surface area contributed by atoms with E-state index in [0.29, 0.717) is 23.7 Å². The molecule has 0 spiro atoms. The summed E-state index contributed by atoms with van der Waals surface area (Å²) in [5.41, 5.74) is 2.71. The van der Waals surface area contributed by atoms with E-state index in [-0.39, 0.29) is 18.4 Å². The number of piperazine rings is 1. The molecule has 2 amide bonds. The zero-order valence-corrected chi connectivity index (χ0v) is 17.7. The second-order valence-corrected chi connectivity index (χ2v) is 7.52. The van der Waals surface area contributed by atoms with Gasteiger partial charge in [0.25, 0.3) is 5.91 Å². The number of hydrogen-bond acceptors (Lipinski definition) is 4. The molecule has 1 aliphatic heterocycles. The van der Waals surface area contributed by atoms with Crippen LogP contribution in [0.5, 0.6) is 0 Å². The Balaban J connectivity index is 1.46. The Labute approximate surface area is 177 Å². The number of rotatable bonds is 6. The highest BCUT2D eigenvalue weighted by Gasteiger charge is 2.21. The van der Waals surface area contributed by atoms with Crippen LogP contribution in [-0.4, -0.2) is 63.0 Å². The number of carbonyl (C=O) groups is 2. The first-order valence-corrected chi connectivity index (χ1v) is 10.2. The van der Waals surface area contributed by atoms with Crippen LogP contribution in [0.25, 0.3) is 0 Å². The van der Waals surface area contributed by atoms with Gasteiger partial charge in [0.2, 0.25) is 5.91 Å². The molecule has 0 atom stereocenters. The minimum atomic E-state index is -0.233. The zero-order valence-electron chi connectivity index (χ0n) is 16.9. The van der Waals surface area contributed by atoms with Gasteiger partial charge in [-0.3, -0.25) is 9.59 Å². The smallest absolute Gasteiger partial charge is 0.251 e. The predicted molar refractivity (Wildman–Crippen MR) is 118 cm³/mol. The van der Waals surface area contributed by atoms with Crippen molar-refractivity contribution in [3.8, 4) is 0 Å². The van der Waals surface area contributed by atoms with E-state index in [1.54, 1.807) is 17.0 Å². The Morgan fingerprint density at radius 2 is 1.62 bits per heavy atom. The highest BCUT2D eigenvalue weighted by Crippen LogP contribution is 2.19. The molecule has 1 N–H and O–H groups in total. The fourth-order valence-electron chi connectivity index (χ4n) is 3.29. The molecule has 1 aliphatic rings. The lowest BCUT2D eigenvalue weighted by Crippen LogP contribution is -2.51. The molecule has 2 aromatic carbocycles. The Hall–Kier alpha value is -2.73. The van der Waals surface area contributed by atoms with Gasteiger partial charge in [-0.05, 0) is 55.5 Å². The quantitative estimate of drug-likeness (QED) is 0.789. The van der Waals surface area contributed by atoms with Crippen molar-refractivity contribution in [2.45, 2.75) is 6.92 Å². The third kappa shape index (κ3) is 5.41. The molecule has 0 aliphatic carbocycles. The lowest BCUT2D eigenvalue weighted by Gasteiger charge is -2.36. The van der Waals surface area contributed by atoms with Gasteiger partial charge in [0, 0.05) is 61.7 Å². The molecule has 0 radical (unpaired) electrons. The van der Waals surface area contributed by atoms with Crippen LogP contribution in [0.15, 0.2) is 48.5 Å². The van der Waals surface area contributed by atoms with Gasteiger partial charge in [0.1, 0.15) is 0 Å². The molecule has 0 saturated carbocycles. The first kappa shape index (κ1) is 21.0.